The highest BCUT2D eigenvalue weighted by molar-refractivity contribution is 7.28. The first-order valence-corrected chi connectivity index (χ1v) is 5.12. The molecule has 6 heteroatoms. The van der Waals surface area contributed by atoms with Crippen LogP contribution in [0.2, 0.25) is 5.02 Å². The van der Waals surface area contributed by atoms with Crippen LogP contribution in [0.5, 0.6) is 0 Å². The molecule has 0 aliphatic rings. The number of rotatable bonds is 1. The fourth-order valence-electron chi connectivity index (χ4n) is 1.26. The van der Waals surface area contributed by atoms with Crippen LogP contribution in [-0.4, -0.2) is 17.2 Å². The Morgan fingerprint density at radius 2 is 2.07 bits per heavy atom. The van der Waals surface area contributed by atoms with Crippen molar-refractivity contribution in [3.05, 3.63) is 23.2 Å². The number of hydrogen-bond donors (Lipinski definition) is 3. The van der Waals surface area contributed by atoms with Crippen molar-refractivity contribution in [1.29, 1.82) is 0 Å². The first-order valence-electron chi connectivity index (χ1n) is 3.93. The predicted molar refractivity (Wildman–Crippen MR) is 61.1 cm³/mol. The Kier molecular flexibility index (Phi) is 2.40. The lowest BCUT2D eigenvalue weighted by molar-refractivity contribution is 0.427. The highest BCUT2D eigenvalue weighted by Crippen LogP contribution is 2.31. The molecule has 1 aromatic heterocycles. The number of nitrogen functional groups attached to an aromatic ring is 1. The zero-order chi connectivity index (χ0) is 10.3. The van der Waals surface area contributed by atoms with Crippen molar-refractivity contribution in [2.24, 2.45) is 0 Å². The zero-order valence-electron chi connectivity index (χ0n) is 7.07. The first kappa shape index (κ1) is 9.80. The lowest BCUT2D eigenvalue weighted by atomic mass is 9.89. The third kappa shape index (κ3) is 1.48. The quantitative estimate of drug-likeness (QED) is 0.499. The van der Waals surface area contributed by atoms with E-state index < -0.39 is 7.12 Å². The van der Waals surface area contributed by atoms with Gasteiger partial charge in [0.15, 0.2) is 0 Å². The van der Waals surface area contributed by atoms with Crippen LogP contribution >= 0.6 is 22.9 Å². The third-order valence-corrected chi connectivity index (χ3v) is 3.58. The summed E-state index contributed by atoms with van der Waals surface area (Å²) in [5.74, 6) is 0. The lowest BCUT2D eigenvalue weighted by Crippen LogP contribution is -2.26. The van der Waals surface area contributed by atoms with Gasteiger partial charge in [-0.3, -0.25) is 0 Å². The molecule has 14 heavy (non-hydrogen) atoms. The molecular weight excluding hydrogens is 220 g/mol. The summed E-state index contributed by atoms with van der Waals surface area (Å²) in [6.45, 7) is 0. The topological polar surface area (TPSA) is 66.5 Å². The monoisotopic (exact) mass is 227 g/mol. The second-order valence-electron chi connectivity index (χ2n) is 2.90. The van der Waals surface area contributed by atoms with Crippen molar-refractivity contribution in [2.45, 2.75) is 0 Å². The predicted octanol–water partition coefficient (Wildman–Crippen LogP) is 0.817. The van der Waals surface area contributed by atoms with Crippen molar-refractivity contribution in [3.63, 3.8) is 0 Å². The molecule has 2 aromatic rings. The highest BCUT2D eigenvalue weighted by Gasteiger charge is 2.16. The van der Waals surface area contributed by atoms with Gasteiger partial charge in [0.25, 0.3) is 0 Å². The molecule has 0 bridgehead atoms. The Labute approximate surface area is 89.9 Å². The zero-order valence-corrected chi connectivity index (χ0v) is 8.64. The molecule has 0 aliphatic carbocycles. The number of nitrogens with two attached hydrogens (primary N) is 1. The Bertz CT molecular complexity index is 446. The number of anilines is 1. The second-order valence-corrected chi connectivity index (χ2v) is 4.39. The minimum absolute atomic E-state index is 0.444. The van der Waals surface area contributed by atoms with Gasteiger partial charge in [0.1, 0.15) is 0 Å². The molecule has 0 aliphatic heterocycles. The number of hydrogen-bond acceptors (Lipinski definition) is 4. The fourth-order valence-corrected chi connectivity index (χ4v) is 2.51. The van der Waals surface area contributed by atoms with Crippen LogP contribution in [0, 0.1) is 0 Å². The van der Waals surface area contributed by atoms with Gasteiger partial charge in [0.05, 0.1) is 9.72 Å². The Morgan fingerprint density at radius 3 is 2.64 bits per heavy atom. The SMILES string of the molecule is Nc1ccc(Cl)c2sc(B(O)O)cc12. The van der Waals surface area contributed by atoms with Crippen LogP contribution in [0.25, 0.3) is 10.1 Å². The van der Waals surface area contributed by atoms with E-state index in [4.69, 9.17) is 27.4 Å². The first-order chi connectivity index (χ1) is 6.59. The summed E-state index contributed by atoms with van der Waals surface area (Å²) in [5, 5.41) is 19.3. The maximum atomic E-state index is 8.99. The molecule has 0 saturated heterocycles. The van der Waals surface area contributed by atoms with Crippen molar-refractivity contribution < 1.29 is 10.0 Å². The molecule has 0 unspecified atom stereocenters. The van der Waals surface area contributed by atoms with E-state index in [0.29, 0.717) is 15.5 Å². The summed E-state index contributed by atoms with van der Waals surface area (Å²) in [7, 11) is -1.47. The molecule has 1 aromatic carbocycles. The van der Waals surface area contributed by atoms with Gasteiger partial charge < -0.3 is 15.8 Å². The maximum absolute atomic E-state index is 8.99. The molecule has 0 spiro atoms. The van der Waals surface area contributed by atoms with E-state index in [1.807, 2.05) is 0 Å². The van der Waals surface area contributed by atoms with E-state index in [0.717, 1.165) is 10.1 Å². The van der Waals surface area contributed by atoms with Gasteiger partial charge in [-0.2, -0.15) is 0 Å². The van der Waals surface area contributed by atoms with E-state index in [1.54, 1.807) is 18.2 Å². The molecule has 2 rings (SSSR count). The van der Waals surface area contributed by atoms with Crippen LogP contribution < -0.4 is 10.5 Å². The second kappa shape index (κ2) is 3.44. The summed E-state index contributed by atoms with van der Waals surface area (Å²) >= 11 is 7.17. The Balaban J connectivity index is 2.75. The van der Waals surface area contributed by atoms with Gasteiger partial charge in [-0.15, -0.1) is 11.3 Å². The normalized spacial score (nSPS) is 10.8. The van der Waals surface area contributed by atoms with Crippen LogP contribution in [0.3, 0.4) is 0 Å². The van der Waals surface area contributed by atoms with Crippen LogP contribution in [0.4, 0.5) is 5.69 Å². The molecule has 0 radical (unpaired) electrons. The van der Waals surface area contributed by atoms with Crippen LogP contribution in [-0.2, 0) is 0 Å². The smallest absolute Gasteiger partial charge is 0.423 e. The molecule has 72 valence electrons. The van der Waals surface area contributed by atoms with E-state index >= 15 is 0 Å². The number of benzene rings is 1. The molecular formula is C8H7BClNO2S. The number of halogens is 1. The standard InChI is InChI=1S/C8H7BClNO2S/c10-5-1-2-6(11)4-3-7(9(12)13)14-8(4)5/h1-3,12-13H,11H2. The van der Waals surface area contributed by atoms with Crippen molar-refractivity contribution in [2.75, 3.05) is 5.73 Å². The molecule has 1 heterocycles. The summed E-state index contributed by atoms with van der Waals surface area (Å²) in [6, 6.07) is 5.04. The summed E-state index contributed by atoms with van der Waals surface area (Å²) < 4.78 is 1.23. The Hall–Kier alpha value is -0.745. The van der Waals surface area contributed by atoms with Crippen molar-refractivity contribution in [1.82, 2.24) is 0 Å². The largest absolute Gasteiger partial charge is 0.499 e. The third-order valence-electron chi connectivity index (χ3n) is 1.94. The minimum Gasteiger partial charge on any atom is -0.423 e. The average molecular weight is 227 g/mol. The molecule has 0 atom stereocenters. The van der Waals surface area contributed by atoms with Crippen molar-refractivity contribution in [3.8, 4) is 0 Å². The lowest BCUT2D eigenvalue weighted by Gasteiger charge is -1.96. The van der Waals surface area contributed by atoms with Crippen molar-refractivity contribution >= 4 is 50.6 Å². The molecule has 4 N–H and O–H groups in total. The summed E-state index contributed by atoms with van der Waals surface area (Å²) in [6.07, 6.45) is 0. The van der Waals surface area contributed by atoms with Gasteiger partial charge in [0.2, 0.25) is 0 Å². The highest BCUT2D eigenvalue weighted by atomic mass is 35.5. The molecule has 0 amide bonds. The van der Waals surface area contributed by atoms with Gasteiger partial charge in [-0.1, -0.05) is 11.6 Å². The maximum Gasteiger partial charge on any atom is 0.499 e. The van der Waals surface area contributed by atoms with Gasteiger partial charge >= 0.3 is 7.12 Å². The molecule has 3 nitrogen and oxygen atoms in total. The Morgan fingerprint density at radius 1 is 1.36 bits per heavy atom. The average Bonchev–Trinajstić information content (AvgIpc) is 2.57. The van der Waals surface area contributed by atoms with Gasteiger partial charge in [-0.25, -0.2) is 0 Å². The van der Waals surface area contributed by atoms with Crippen LogP contribution in [0.1, 0.15) is 0 Å². The number of thiophene rings is 1. The van der Waals surface area contributed by atoms with E-state index in [2.05, 4.69) is 0 Å². The van der Waals surface area contributed by atoms with Gasteiger partial charge in [0, 0.05) is 15.9 Å². The fraction of sp³-hybridized carbons (Fsp3) is 0. The molecule has 0 fully saturated rings. The van der Waals surface area contributed by atoms with E-state index in [-0.39, 0.29) is 0 Å². The molecule has 0 saturated carbocycles. The number of fused-ring (bicyclic) bond motifs is 1. The summed E-state index contributed by atoms with van der Waals surface area (Å²) in [5.41, 5.74) is 6.31. The minimum atomic E-state index is -1.47. The van der Waals surface area contributed by atoms with E-state index in [1.165, 1.54) is 11.3 Å². The van der Waals surface area contributed by atoms with Gasteiger partial charge in [-0.05, 0) is 18.2 Å². The van der Waals surface area contributed by atoms with E-state index in [9.17, 15) is 0 Å². The summed E-state index contributed by atoms with van der Waals surface area (Å²) in [4.78, 5) is 0. The van der Waals surface area contributed by atoms with Crippen LogP contribution in [0.15, 0.2) is 18.2 Å².